The van der Waals surface area contributed by atoms with Crippen LogP contribution in [0.5, 0.6) is 11.5 Å². The molecule has 3 aromatic carbocycles. The van der Waals surface area contributed by atoms with E-state index in [2.05, 4.69) is 6.58 Å². The van der Waals surface area contributed by atoms with Crippen LogP contribution in [0.3, 0.4) is 0 Å². The van der Waals surface area contributed by atoms with E-state index in [1.807, 2.05) is 79.7 Å². The van der Waals surface area contributed by atoms with Gasteiger partial charge in [-0.25, -0.2) is 0 Å². The zero-order valence-corrected chi connectivity index (χ0v) is 14.4. The Morgan fingerprint density at radius 3 is 2.44 bits per heavy atom. The first-order valence-corrected chi connectivity index (χ1v) is 8.36. The van der Waals surface area contributed by atoms with Crippen molar-refractivity contribution in [1.82, 2.24) is 0 Å². The Kier molecular flexibility index (Phi) is 5.20. The van der Waals surface area contributed by atoms with Crippen LogP contribution < -0.4 is 4.74 Å². The molecule has 1 atom stereocenters. The van der Waals surface area contributed by atoms with Crippen LogP contribution in [0.2, 0.25) is 0 Å². The van der Waals surface area contributed by atoms with Crippen molar-refractivity contribution in [2.24, 2.45) is 0 Å². The third-order valence-electron chi connectivity index (χ3n) is 4.25. The number of hydrogen-bond donors (Lipinski definition) is 1. The van der Waals surface area contributed by atoms with E-state index in [4.69, 9.17) is 4.74 Å². The van der Waals surface area contributed by atoms with Crippen LogP contribution in [0.25, 0.3) is 0 Å². The van der Waals surface area contributed by atoms with Crippen LogP contribution >= 0.6 is 0 Å². The summed E-state index contributed by atoms with van der Waals surface area (Å²) in [5, 5.41) is 10.3. The minimum Gasteiger partial charge on any atom is -0.508 e. The van der Waals surface area contributed by atoms with Gasteiger partial charge in [0.15, 0.2) is 0 Å². The minimum absolute atomic E-state index is 0.133. The average Bonchev–Trinajstić information content (AvgIpc) is 2.65. The summed E-state index contributed by atoms with van der Waals surface area (Å²) >= 11 is 0. The van der Waals surface area contributed by atoms with Crippen LogP contribution in [0.1, 0.15) is 28.2 Å². The Labute approximate surface area is 149 Å². The van der Waals surface area contributed by atoms with E-state index in [0.717, 1.165) is 28.0 Å². The van der Waals surface area contributed by atoms with E-state index < -0.39 is 0 Å². The number of phenols is 1. The first-order chi connectivity index (χ1) is 12.2. The first kappa shape index (κ1) is 16.8. The number of hydrogen-bond acceptors (Lipinski definition) is 2. The second kappa shape index (κ2) is 7.71. The molecule has 2 heteroatoms. The van der Waals surface area contributed by atoms with Gasteiger partial charge in [0, 0.05) is 17.0 Å². The molecule has 0 amide bonds. The van der Waals surface area contributed by atoms with Crippen molar-refractivity contribution in [1.29, 1.82) is 0 Å². The number of allylic oxidation sites excluding steroid dienone is 1. The molecule has 0 radical (unpaired) electrons. The van der Waals surface area contributed by atoms with Gasteiger partial charge < -0.3 is 9.84 Å². The standard InChI is InChI=1S/C23H22O2/c1-3-19(21-15-17(2)13-14-22(21)24)20-11-7-8-12-23(20)25-16-18-9-5-4-6-10-18/h3-15,19,24H,1,16H2,2H3. The third kappa shape index (κ3) is 3.92. The summed E-state index contributed by atoms with van der Waals surface area (Å²) in [6.45, 7) is 6.49. The van der Waals surface area contributed by atoms with Gasteiger partial charge in [0.05, 0.1) is 0 Å². The topological polar surface area (TPSA) is 29.5 Å². The van der Waals surface area contributed by atoms with Gasteiger partial charge in [-0.15, -0.1) is 6.58 Å². The molecule has 1 unspecified atom stereocenters. The first-order valence-electron chi connectivity index (χ1n) is 8.36. The van der Waals surface area contributed by atoms with Gasteiger partial charge in [-0.1, -0.05) is 72.3 Å². The van der Waals surface area contributed by atoms with Crippen molar-refractivity contribution in [3.8, 4) is 11.5 Å². The Balaban J connectivity index is 1.93. The van der Waals surface area contributed by atoms with E-state index in [-0.39, 0.29) is 11.7 Å². The summed E-state index contributed by atoms with van der Waals surface area (Å²) in [4.78, 5) is 0. The van der Waals surface area contributed by atoms with Gasteiger partial charge in [-0.05, 0) is 24.6 Å². The number of aromatic hydroxyl groups is 1. The summed E-state index contributed by atoms with van der Waals surface area (Å²) in [5.41, 5.74) is 4.05. The highest BCUT2D eigenvalue weighted by atomic mass is 16.5. The molecular formula is C23H22O2. The fourth-order valence-electron chi connectivity index (χ4n) is 2.95. The zero-order valence-electron chi connectivity index (χ0n) is 14.4. The van der Waals surface area contributed by atoms with Crippen molar-refractivity contribution in [2.45, 2.75) is 19.4 Å². The fourth-order valence-corrected chi connectivity index (χ4v) is 2.95. The van der Waals surface area contributed by atoms with E-state index in [0.29, 0.717) is 6.61 Å². The summed E-state index contributed by atoms with van der Waals surface area (Å²) in [6.07, 6.45) is 1.85. The fraction of sp³-hybridized carbons (Fsp3) is 0.130. The van der Waals surface area contributed by atoms with Crippen LogP contribution in [0.4, 0.5) is 0 Å². The molecule has 0 aliphatic heterocycles. The van der Waals surface area contributed by atoms with Crippen LogP contribution in [-0.2, 0) is 6.61 Å². The maximum Gasteiger partial charge on any atom is 0.123 e. The van der Waals surface area contributed by atoms with Crippen LogP contribution in [-0.4, -0.2) is 5.11 Å². The Hall–Kier alpha value is -3.00. The Morgan fingerprint density at radius 1 is 0.960 bits per heavy atom. The molecule has 0 spiro atoms. The van der Waals surface area contributed by atoms with Crippen molar-refractivity contribution in [3.63, 3.8) is 0 Å². The summed E-state index contributed by atoms with van der Waals surface area (Å²) < 4.78 is 6.07. The van der Waals surface area contributed by atoms with Gasteiger partial charge in [-0.3, -0.25) is 0 Å². The molecule has 0 aliphatic carbocycles. The number of ether oxygens (including phenoxy) is 1. The van der Waals surface area contributed by atoms with Gasteiger partial charge >= 0.3 is 0 Å². The number of aryl methyl sites for hydroxylation is 1. The lowest BCUT2D eigenvalue weighted by molar-refractivity contribution is 0.302. The molecule has 2 nitrogen and oxygen atoms in total. The molecule has 126 valence electrons. The van der Waals surface area contributed by atoms with Gasteiger partial charge in [0.2, 0.25) is 0 Å². The van der Waals surface area contributed by atoms with Crippen molar-refractivity contribution >= 4 is 0 Å². The average molecular weight is 330 g/mol. The molecule has 0 bridgehead atoms. The molecule has 25 heavy (non-hydrogen) atoms. The smallest absolute Gasteiger partial charge is 0.123 e. The van der Waals surface area contributed by atoms with Gasteiger partial charge in [-0.2, -0.15) is 0 Å². The normalized spacial score (nSPS) is 11.7. The zero-order chi connectivity index (χ0) is 17.6. The maximum absolute atomic E-state index is 10.3. The molecule has 0 aliphatic rings. The molecule has 0 fully saturated rings. The highest BCUT2D eigenvalue weighted by Crippen LogP contribution is 2.37. The lowest BCUT2D eigenvalue weighted by atomic mass is 9.89. The Morgan fingerprint density at radius 2 is 1.68 bits per heavy atom. The molecule has 0 saturated heterocycles. The largest absolute Gasteiger partial charge is 0.508 e. The Bertz CT molecular complexity index is 853. The van der Waals surface area contributed by atoms with E-state index >= 15 is 0 Å². The number of rotatable bonds is 6. The molecule has 0 aromatic heterocycles. The predicted octanol–water partition coefficient (Wildman–Crippen LogP) is 5.60. The molecular weight excluding hydrogens is 308 g/mol. The van der Waals surface area contributed by atoms with Gasteiger partial charge in [0.1, 0.15) is 18.1 Å². The molecule has 3 aromatic rings. The molecule has 3 rings (SSSR count). The SMILES string of the molecule is C=CC(c1cc(C)ccc1O)c1ccccc1OCc1ccccc1. The highest BCUT2D eigenvalue weighted by Gasteiger charge is 2.18. The predicted molar refractivity (Wildman–Crippen MR) is 102 cm³/mol. The lowest BCUT2D eigenvalue weighted by Gasteiger charge is -2.19. The number of benzene rings is 3. The van der Waals surface area contributed by atoms with Crippen molar-refractivity contribution in [2.75, 3.05) is 0 Å². The van der Waals surface area contributed by atoms with Crippen LogP contribution in [0, 0.1) is 6.92 Å². The summed E-state index contributed by atoms with van der Waals surface area (Å²) in [5.74, 6) is 0.942. The monoisotopic (exact) mass is 330 g/mol. The summed E-state index contributed by atoms with van der Waals surface area (Å²) in [7, 11) is 0. The third-order valence-corrected chi connectivity index (χ3v) is 4.25. The van der Waals surface area contributed by atoms with Crippen molar-refractivity contribution in [3.05, 3.63) is 108 Å². The second-order valence-corrected chi connectivity index (χ2v) is 6.09. The maximum atomic E-state index is 10.3. The summed E-state index contributed by atoms with van der Waals surface area (Å²) in [6, 6.07) is 23.6. The second-order valence-electron chi connectivity index (χ2n) is 6.09. The molecule has 0 saturated carbocycles. The molecule has 1 N–H and O–H groups in total. The minimum atomic E-state index is -0.133. The van der Waals surface area contributed by atoms with Crippen LogP contribution in [0.15, 0.2) is 85.5 Å². The lowest BCUT2D eigenvalue weighted by Crippen LogP contribution is -2.04. The highest BCUT2D eigenvalue weighted by molar-refractivity contribution is 5.50. The number of phenolic OH excluding ortho intramolecular Hbond substituents is 1. The molecule has 0 heterocycles. The van der Waals surface area contributed by atoms with E-state index in [1.54, 1.807) is 6.07 Å². The van der Waals surface area contributed by atoms with E-state index in [9.17, 15) is 5.11 Å². The van der Waals surface area contributed by atoms with Crippen molar-refractivity contribution < 1.29 is 9.84 Å². The quantitative estimate of drug-likeness (QED) is 0.596. The van der Waals surface area contributed by atoms with Gasteiger partial charge in [0.25, 0.3) is 0 Å². The van der Waals surface area contributed by atoms with E-state index in [1.165, 1.54) is 0 Å². The number of para-hydroxylation sites is 1.